The van der Waals surface area contributed by atoms with E-state index in [2.05, 4.69) is 37.0 Å². The van der Waals surface area contributed by atoms with E-state index in [0.29, 0.717) is 5.25 Å². The molecule has 0 saturated carbocycles. The van der Waals surface area contributed by atoms with Crippen LogP contribution in [0, 0.1) is 0 Å². The van der Waals surface area contributed by atoms with Crippen molar-refractivity contribution in [3.63, 3.8) is 0 Å². The fourth-order valence-electron chi connectivity index (χ4n) is 1.08. The molecular weight excluding hydrogens is 242 g/mol. The van der Waals surface area contributed by atoms with Crippen LogP contribution in [0.4, 0.5) is 0 Å². The number of rotatable bonds is 4. The number of para-hydroxylation sites is 1. The average Bonchev–Trinajstić information content (AvgIpc) is 2.68. The predicted molar refractivity (Wildman–Crippen MR) is 72.8 cm³/mol. The molecule has 4 heteroatoms. The van der Waals surface area contributed by atoms with Gasteiger partial charge in [0.25, 0.3) is 0 Å². The summed E-state index contributed by atoms with van der Waals surface area (Å²) >= 11 is 1.78. The molecule has 0 fully saturated rings. The average molecular weight is 255 g/mol. The van der Waals surface area contributed by atoms with Crippen LogP contribution in [0.2, 0.25) is 0 Å². The lowest BCUT2D eigenvalue weighted by atomic mass is 10.3. The third-order valence-corrected chi connectivity index (χ3v) is 6.52. The van der Waals surface area contributed by atoms with Gasteiger partial charge in [0, 0.05) is 5.25 Å². The summed E-state index contributed by atoms with van der Waals surface area (Å²) in [7, 11) is 3.71. The molecule has 0 radical (unpaired) electrons. The number of thiazole rings is 1. The quantitative estimate of drug-likeness (QED) is 0.726. The van der Waals surface area contributed by atoms with E-state index in [0.717, 1.165) is 5.52 Å². The second-order valence-electron chi connectivity index (χ2n) is 3.35. The summed E-state index contributed by atoms with van der Waals surface area (Å²) in [5.74, 6) is 0. The molecule has 1 unspecified atom stereocenters. The van der Waals surface area contributed by atoms with Crippen molar-refractivity contribution in [3.05, 3.63) is 24.3 Å². The molecule has 1 aromatic carbocycles. The Morgan fingerprint density at radius 2 is 2.20 bits per heavy atom. The number of fused-ring (bicyclic) bond motifs is 1. The molecule has 80 valence electrons. The van der Waals surface area contributed by atoms with Gasteiger partial charge in [-0.05, 0) is 29.3 Å². The van der Waals surface area contributed by atoms with Gasteiger partial charge in [-0.2, -0.15) is 0 Å². The Bertz CT molecular complexity index is 405. The standard InChI is InChI=1S/C11H13NS3/c1-3-8(2)14-15-11-12-9-6-4-5-7-10(9)13-11/h4-8H,3H2,1-2H3. The lowest BCUT2D eigenvalue weighted by Gasteiger charge is -2.03. The summed E-state index contributed by atoms with van der Waals surface area (Å²) < 4.78 is 2.45. The van der Waals surface area contributed by atoms with Gasteiger partial charge in [0.05, 0.1) is 10.2 Å². The first-order valence-electron chi connectivity index (χ1n) is 4.98. The van der Waals surface area contributed by atoms with Gasteiger partial charge in [-0.25, -0.2) is 4.98 Å². The van der Waals surface area contributed by atoms with Gasteiger partial charge in [-0.3, -0.25) is 0 Å². The third kappa shape index (κ3) is 2.89. The summed E-state index contributed by atoms with van der Waals surface area (Å²) in [6.07, 6.45) is 1.21. The molecule has 0 saturated heterocycles. The van der Waals surface area contributed by atoms with Crippen LogP contribution in [-0.4, -0.2) is 10.2 Å². The first-order valence-corrected chi connectivity index (χ1v) is 8.01. The van der Waals surface area contributed by atoms with Gasteiger partial charge in [0.15, 0.2) is 4.34 Å². The highest BCUT2D eigenvalue weighted by atomic mass is 33.1. The van der Waals surface area contributed by atoms with E-state index in [1.807, 2.05) is 16.9 Å². The molecule has 15 heavy (non-hydrogen) atoms. The number of benzene rings is 1. The molecule has 2 rings (SSSR count). The van der Waals surface area contributed by atoms with Crippen LogP contribution < -0.4 is 0 Å². The van der Waals surface area contributed by atoms with Crippen LogP contribution in [0.15, 0.2) is 28.6 Å². The normalized spacial score (nSPS) is 13.2. The fraction of sp³-hybridized carbons (Fsp3) is 0.364. The Balaban J connectivity index is 2.09. The van der Waals surface area contributed by atoms with Crippen molar-refractivity contribution in [2.24, 2.45) is 0 Å². The highest BCUT2D eigenvalue weighted by Gasteiger charge is 2.06. The molecule has 1 atom stereocenters. The molecule has 2 aromatic rings. The molecule has 0 aliphatic carbocycles. The molecule has 1 aromatic heterocycles. The summed E-state index contributed by atoms with van der Waals surface area (Å²) in [5, 5.41) is 0.696. The zero-order valence-electron chi connectivity index (χ0n) is 8.77. The minimum Gasteiger partial charge on any atom is -0.229 e. The SMILES string of the molecule is CCC(C)SSc1nc2ccccc2s1. The maximum Gasteiger partial charge on any atom is 0.161 e. The van der Waals surface area contributed by atoms with Crippen molar-refractivity contribution in [1.29, 1.82) is 0 Å². The van der Waals surface area contributed by atoms with Crippen LogP contribution in [-0.2, 0) is 0 Å². The Hall–Kier alpha value is -0.190. The van der Waals surface area contributed by atoms with E-state index in [-0.39, 0.29) is 0 Å². The summed E-state index contributed by atoms with van der Waals surface area (Å²) in [6, 6.07) is 8.31. The van der Waals surface area contributed by atoms with Gasteiger partial charge in [-0.1, -0.05) is 36.8 Å². The Morgan fingerprint density at radius 3 is 2.93 bits per heavy atom. The van der Waals surface area contributed by atoms with Crippen LogP contribution in [0.5, 0.6) is 0 Å². The lowest BCUT2D eigenvalue weighted by Crippen LogP contribution is -1.87. The van der Waals surface area contributed by atoms with Crippen molar-refractivity contribution in [3.8, 4) is 0 Å². The van der Waals surface area contributed by atoms with E-state index in [4.69, 9.17) is 0 Å². The molecule has 0 amide bonds. The van der Waals surface area contributed by atoms with Gasteiger partial charge >= 0.3 is 0 Å². The molecular formula is C11H13NS3. The fourth-order valence-corrected chi connectivity index (χ4v) is 4.62. The van der Waals surface area contributed by atoms with Crippen LogP contribution in [0.3, 0.4) is 0 Å². The zero-order chi connectivity index (χ0) is 10.7. The molecule has 0 spiro atoms. The largest absolute Gasteiger partial charge is 0.229 e. The highest BCUT2D eigenvalue weighted by Crippen LogP contribution is 2.39. The Kier molecular flexibility index (Phi) is 3.94. The van der Waals surface area contributed by atoms with Gasteiger partial charge in [-0.15, -0.1) is 11.3 Å². The van der Waals surface area contributed by atoms with Crippen LogP contribution in [0.1, 0.15) is 20.3 Å². The topological polar surface area (TPSA) is 12.9 Å². The van der Waals surface area contributed by atoms with Crippen molar-refractivity contribution in [2.45, 2.75) is 29.9 Å². The summed E-state index contributed by atoms with van der Waals surface area (Å²) in [6.45, 7) is 4.47. The minimum atomic E-state index is 0.696. The van der Waals surface area contributed by atoms with Crippen molar-refractivity contribution >= 4 is 43.1 Å². The molecule has 0 bridgehead atoms. The summed E-state index contributed by atoms with van der Waals surface area (Å²) in [5.41, 5.74) is 1.12. The van der Waals surface area contributed by atoms with Crippen molar-refractivity contribution < 1.29 is 0 Å². The van der Waals surface area contributed by atoms with E-state index in [1.54, 1.807) is 22.1 Å². The number of nitrogens with zero attached hydrogens (tertiary/aromatic N) is 1. The van der Waals surface area contributed by atoms with Gasteiger partial charge < -0.3 is 0 Å². The van der Waals surface area contributed by atoms with Gasteiger partial charge in [0.2, 0.25) is 0 Å². The third-order valence-electron chi connectivity index (χ3n) is 2.13. The first kappa shape index (κ1) is 11.3. The maximum atomic E-state index is 4.58. The predicted octanol–water partition coefficient (Wildman–Crippen LogP) is 4.84. The Labute approximate surface area is 102 Å². The van der Waals surface area contributed by atoms with Crippen molar-refractivity contribution in [2.75, 3.05) is 0 Å². The van der Waals surface area contributed by atoms with E-state index >= 15 is 0 Å². The minimum absolute atomic E-state index is 0.696. The molecule has 0 N–H and O–H groups in total. The van der Waals surface area contributed by atoms with Crippen molar-refractivity contribution in [1.82, 2.24) is 4.98 Å². The van der Waals surface area contributed by atoms with Gasteiger partial charge in [0.1, 0.15) is 0 Å². The lowest BCUT2D eigenvalue weighted by molar-refractivity contribution is 0.912. The second-order valence-corrected chi connectivity index (χ2v) is 7.26. The number of hydrogen-bond donors (Lipinski definition) is 0. The second kappa shape index (κ2) is 5.23. The van der Waals surface area contributed by atoms with E-state index in [9.17, 15) is 0 Å². The highest BCUT2D eigenvalue weighted by molar-refractivity contribution is 8.77. The molecule has 0 aliphatic rings. The number of aromatic nitrogens is 1. The molecule has 1 nitrogen and oxygen atoms in total. The van der Waals surface area contributed by atoms with Crippen LogP contribution in [0.25, 0.3) is 10.2 Å². The number of hydrogen-bond acceptors (Lipinski definition) is 4. The molecule has 0 aliphatic heterocycles. The van der Waals surface area contributed by atoms with E-state index in [1.165, 1.54) is 15.5 Å². The Morgan fingerprint density at radius 1 is 1.40 bits per heavy atom. The maximum absolute atomic E-state index is 4.58. The zero-order valence-corrected chi connectivity index (χ0v) is 11.2. The monoisotopic (exact) mass is 255 g/mol. The smallest absolute Gasteiger partial charge is 0.161 e. The molecule has 1 heterocycles. The van der Waals surface area contributed by atoms with Crippen LogP contribution >= 0.6 is 32.9 Å². The van der Waals surface area contributed by atoms with E-state index < -0.39 is 0 Å². The summed E-state index contributed by atoms with van der Waals surface area (Å²) in [4.78, 5) is 4.58. The first-order chi connectivity index (χ1) is 7.29.